The van der Waals surface area contributed by atoms with E-state index in [0.717, 1.165) is 12.8 Å². The second kappa shape index (κ2) is 11.6. The summed E-state index contributed by atoms with van der Waals surface area (Å²) < 4.78 is 30.6. The lowest BCUT2D eigenvalue weighted by Gasteiger charge is -2.23. The highest BCUT2D eigenvalue weighted by molar-refractivity contribution is 7.90. The number of rotatable bonds is 11. The molecule has 0 aliphatic heterocycles. The lowest BCUT2D eigenvalue weighted by molar-refractivity contribution is 0.0693. The van der Waals surface area contributed by atoms with Crippen LogP contribution in [0.25, 0.3) is 0 Å². The summed E-state index contributed by atoms with van der Waals surface area (Å²) in [5.41, 5.74) is 2.32. The predicted molar refractivity (Wildman–Crippen MR) is 126 cm³/mol. The number of sulfone groups is 1. The van der Waals surface area contributed by atoms with Crippen LogP contribution in [0.3, 0.4) is 0 Å². The van der Waals surface area contributed by atoms with Gasteiger partial charge in [0, 0.05) is 25.8 Å². The minimum Gasteiger partial charge on any atom is -0.383 e. The summed E-state index contributed by atoms with van der Waals surface area (Å²) in [5.74, 6) is -0.265. The number of aryl methyl sites for hydroxylation is 1. The van der Waals surface area contributed by atoms with Crippen LogP contribution >= 0.6 is 0 Å². The fourth-order valence-electron chi connectivity index (χ4n) is 3.54. The van der Waals surface area contributed by atoms with Crippen LogP contribution in [0.1, 0.15) is 27.9 Å². The van der Waals surface area contributed by atoms with E-state index in [2.05, 4.69) is 12.1 Å². The number of carbonyl (C=O) groups excluding carboxylic acids is 1. The van der Waals surface area contributed by atoms with Gasteiger partial charge in [-0.15, -0.1) is 0 Å². The van der Waals surface area contributed by atoms with Crippen LogP contribution < -0.4 is 0 Å². The normalized spacial score (nSPS) is 11.3. The van der Waals surface area contributed by atoms with Gasteiger partial charge in [0.05, 0.1) is 17.3 Å². The summed E-state index contributed by atoms with van der Waals surface area (Å²) in [7, 11) is -1.87. The quantitative estimate of drug-likeness (QED) is 0.434. The van der Waals surface area contributed by atoms with Gasteiger partial charge in [-0.05, 0) is 48.2 Å². The summed E-state index contributed by atoms with van der Waals surface area (Å²) in [6, 6.07) is 25.4. The maximum Gasteiger partial charge on any atom is 0.253 e. The Labute approximate surface area is 190 Å². The zero-order valence-electron chi connectivity index (χ0n) is 18.3. The highest BCUT2D eigenvalue weighted by atomic mass is 32.2. The summed E-state index contributed by atoms with van der Waals surface area (Å²) in [6.45, 7) is 1.53. The molecule has 3 aromatic carbocycles. The van der Waals surface area contributed by atoms with E-state index in [-0.39, 0.29) is 16.6 Å². The Morgan fingerprint density at radius 1 is 0.844 bits per heavy atom. The third kappa shape index (κ3) is 6.77. The molecule has 168 valence electrons. The van der Waals surface area contributed by atoms with Crippen molar-refractivity contribution < 1.29 is 17.9 Å². The maximum absolute atomic E-state index is 13.2. The monoisotopic (exact) mass is 451 g/mol. The molecule has 0 unspecified atom stereocenters. The van der Waals surface area contributed by atoms with Crippen LogP contribution in [0, 0.1) is 0 Å². The average molecular weight is 452 g/mol. The minimum absolute atomic E-state index is 0.117. The molecule has 0 heterocycles. The first-order chi connectivity index (χ1) is 15.5. The van der Waals surface area contributed by atoms with Crippen LogP contribution in [-0.4, -0.2) is 46.0 Å². The van der Waals surface area contributed by atoms with Crippen LogP contribution in [0.5, 0.6) is 0 Å². The van der Waals surface area contributed by atoms with E-state index in [1.807, 2.05) is 18.2 Å². The van der Waals surface area contributed by atoms with Crippen LogP contribution in [0.15, 0.2) is 89.8 Å². The summed E-state index contributed by atoms with van der Waals surface area (Å²) in [4.78, 5) is 15.3. The van der Waals surface area contributed by atoms with Crippen molar-refractivity contribution in [2.45, 2.75) is 23.5 Å². The number of hydrogen-bond acceptors (Lipinski definition) is 4. The van der Waals surface area contributed by atoms with Crippen molar-refractivity contribution in [3.63, 3.8) is 0 Å². The number of benzene rings is 3. The maximum atomic E-state index is 13.2. The molecule has 0 bridgehead atoms. The van der Waals surface area contributed by atoms with E-state index in [0.29, 0.717) is 30.8 Å². The minimum atomic E-state index is -3.48. The van der Waals surface area contributed by atoms with E-state index in [9.17, 15) is 13.2 Å². The Morgan fingerprint density at radius 3 is 2.19 bits per heavy atom. The third-order valence-corrected chi connectivity index (χ3v) is 6.93. The van der Waals surface area contributed by atoms with Gasteiger partial charge in [-0.3, -0.25) is 4.79 Å². The molecule has 6 heteroatoms. The van der Waals surface area contributed by atoms with E-state index >= 15 is 0 Å². The summed E-state index contributed by atoms with van der Waals surface area (Å²) in [6.07, 6.45) is 1.72. The zero-order valence-corrected chi connectivity index (χ0v) is 19.1. The molecule has 0 aliphatic rings. The van der Waals surface area contributed by atoms with Crippen molar-refractivity contribution in [3.8, 4) is 0 Å². The molecular weight excluding hydrogens is 422 g/mol. The molecule has 5 nitrogen and oxygen atoms in total. The smallest absolute Gasteiger partial charge is 0.253 e. The van der Waals surface area contributed by atoms with Crippen LogP contribution in [0.2, 0.25) is 0 Å². The van der Waals surface area contributed by atoms with Gasteiger partial charge >= 0.3 is 0 Å². The second-order valence-corrected chi connectivity index (χ2v) is 9.64. The first-order valence-electron chi connectivity index (χ1n) is 10.7. The fraction of sp³-hybridized carbons (Fsp3) is 0.269. The lowest BCUT2D eigenvalue weighted by atomic mass is 10.1. The van der Waals surface area contributed by atoms with Gasteiger partial charge in [0.15, 0.2) is 9.84 Å². The average Bonchev–Trinajstić information content (AvgIpc) is 2.82. The number of amides is 1. The Morgan fingerprint density at radius 2 is 1.50 bits per heavy atom. The standard InChI is InChI=1S/C26H29NO4S/c1-31-19-18-27(17-9-13-22-10-4-2-5-11-22)26(28)24-14-8-12-23(20-24)21-32(29,30)25-15-6-3-7-16-25/h2-8,10-12,14-16,20H,9,13,17-19,21H2,1H3. The first-order valence-corrected chi connectivity index (χ1v) is 12.3. The van der Waals surface area contributed by atoms with Gasteiger partial charge in [0.2, 0.25) is 0 Å². The van der Waals surface area contributed by atoms with Gasteiger partial charge in [-0.25, -0.2) is 8.42 Å². The topological polar surface area (TPSA) is 63.7 Å². The Kier molecular flexibility index (Phi) is 8.59. The van der Waals surface area contributed by atoms with E-state index in [4.69, 9.17) is 4.74 Å². The van der Waals surface area contributed by atoms with Crippen molar-refractivity contribution in [2.75, 3.05) is 26.8 Å². The summed E-state index contributed by atoms with van der Waals surface area (Å²) >= 11 is 0. The second-order valence-electron chi connectivity index (χ2n) is 7.65. The first kappa shape index (κ1) is 23.7. The molecule has 0 aliphatic carbocycles. The Bertz CT molecular complexity index is 1100. The number of nitrogens with zero attached hydrogens (tertiary/aromatic N) is 1. The van der Waals surface area contributed by atoms with Gasteiger partial charge in [0.25, 0.3) is 5.91 Å². The van der Waals surface area contributed by atoms with Gasteiger partial charge < -0.3 is 9.64 Å². The highest BCUT2D eigenvalue weighted by Crippen LogP contribution is 2.18. The summed E-state index contributed by atoms with van der Waals surface area (Å²) in [5, 5.41) is 0. The highest BCUT2D eigenvalue weighted by Gasteiger charge is 2.19. The Hall–Kier alpha value is -2.96. The van der Waals surface area contributed by atoms with E-state index in [1.165, 1.54) is 5.56 Å². The molecule has 0 saturated carbocycles. The molecule has 1 amide bonds. The molecule has 0 spiro atoms. The zero-order chi connectivity index (χ0) is 22.8. The van der Waals surface area contributed by atoms with Crippen molar-refractivity contribution in [3.05, 3.63) is 102 Å². The van der Waals surface area contributed by atoms with Gasteiger partial charge in [0.1, 0.15) is 0 Å². The molecular formula is C26H29NO4S. The van der Waals surface area contributed by atoms with Crippen molar-refractivity contribution >= 4 is 15.7 Å². The molecule has 0 aromatic heterocycles. The molecule has 0 fully saturated rings. The van der Waals surface area contributed by atoms with Crippen molar-refractivity contribution in [1.29, 1.82) is 0 Å². The van der Waals surface area contributed by atoms with Crippen LogP contribution in [0.4, 0.5) is 0 Å². The van der Waals surface area contributed by atoms with Crippen molar-refractivity contribution in [1.82, 2.24) is 4.90 Å². The SMILES string of the molecule is COCCN(CCCc1ccccc1)C(=O)c1cccc(CS(=O)(=O)c2ccccc2)c1. The number of hydrogen-bond donors (Lipinski definition) is 0. The number of ether oxygens (including phenoxy) is 1. The molecule has 0 radical (unpaired) electrons. The van der Waals surface area contributed by atoms with E-state index in [1.54, 1.807) is 66.6 Å². The van der Waals surface area contributed by atoms with Gasteiger partial charge in [-0.2, -0.15) is 0 Å². The number of methoxy groups -OCH3 is 1. The lowest BCUT2D eigenvalue weighted by Crippen LogP contribution is -2.35. The molecule has 0 saturated heterocycles. The third-order valence-electron chi connectivity index (χ3n) is 5.22. The predicted octanol–water partition coefficient (Wildman–Crippen LogP) is 4.38. The largest absolute Gasteiger partial charge is 0.383 e. The van der Waals surface area contributed by atoms with Crippen LogP contribution in [-0.2, 0) is 26.7 Å². The van der Waals surface area contributed by atoms with Crippen molar-refractivity contribution in [2.24, 2.45) is 0 Å². The molecule has 3 aromatic rings. The molecule has 3 rings (SSSR count). The molecule has 32 heavy (non-hydrogen) atoms. The Balaban J connectivity index is 1.70. The molecule has 0 N–H and O–H groups in total. The van der Waals surface area contributed by atoms with E-state index < -0.39 is 9.84 Å². The fourth-order valence-corrected chi connectivity index (χ4v) is 4.90. The number of carbonyl (C=O) groups is 1. The van der Waals surface area contributed by atoms with Gasteiger partial charge in [-0.1, -0.05) is 60.7 Å². The molecule has 0 atom stereocenters.